The number of halogens is 1. The highest BCUT2D eigenvalue weighted by molar-refractivity contribution is 6.31. The lowest BCUT2D eigenvalue weighted by atomic mass is 9.96. The van der Waals surface area contributed by atoms with Gasteiger partial charge in [-0.3, -0.25) is 14.9 Å². The van der Waals surface area contributed by atoms with Crippen molar-refractivity contribution in [2.75, 3.05) is 18.0 Å². The molecule has 1 fully saturated rings. The molecular weight excluding hydrogens is 290 g/mol. The number of carbonyl (C=O) groups is 2. The van der Waals surface area contributed by atoms with E-state index in [1.54, 1.807) is 13.8 Å². The quantitative estimate of drug-likeness (QED) is 0.831. The predicted molar refractivity (Wildman–Crippen MR) is 83.4 cm³/mol. The van der Waals surface area contributed by atoms with Crippen molar-refractivity contribution in [2.24, 2.45) is 0 Å². The standard InChI is InChI=1S/C15H20ClN3O2/c1-4-17-8-10-11(16)6-5-7-12(10)19-9-13(20)18-14(21)15(19,2)3/h5-7,17H,4,8-9H2,1-3H3,(H,18,20,21). The average molecular weight is 310 g/mol. The lowest BCUT2D eigenvalue weighted by Gasteiger charge is -2.42. The van der Waals surface area contributed by atoms with Gasteiger partial charge in [-0.1, -0.05) is 24.6 Å². The molecule has 5 nitrogen and oxygen atoms in total. The van der Waals surface area contributed by atoms with E-state index in [-0.39, 0.29) is 18.4 Å². The molecule has 2 N–H and O–H groups in total. The second-order valence-electron chi connectivity index (χ2n) is 5.54. The predicted octanol–water partition coefficient (Wildman–Crippen LogP) is 1.69. The smallest absolute Gasteiger partial charge is 0.251 e. The molecule has 1 aliphatic rings. The summed E-state index contributed by atoms with van der Waals surface area (Å²) in [5, 5.41) is 6.24. The van der Waals surface area contributed by atoms with Crippen LogP contribution in [0, 0.1) is 0 Å². The number of anilines is 1. The lowest BCUT2D eigenvalue weighted by molar-refractivity contribution is -0.135. The monoisotopic (exact) mass is 309 g/mol. The van der Waals surface area contributed by atoms with E-state index in [2.05, 4.69) is 10.6 Å². The minimum absolute atomic E-state index is 0.137. The molecular formula is C15H20ClN3O2. The van der Waals surface area contributed by atoms with Gasteiger partial charge in [0.1, 0.15) is 5.54 Å². The fourth-order valence-corrected chi connectivity index (χ4v) is 2.63. The first kappa shape index (κ1) is 15.8. The maximum Gasteiger partial charge on any atom is 0.251 e. The van der Waals surface area contributed by atoms with Crippen LogP contribution in [0.25, 0.3) is 0 Å². The molecule has 114 valence electrons. The minimum Gasteiger partial charge on any atom is -0.348 e. The molecule has 0 spiro atoms. The molecule has 0 radical (unpaired) electrons. The van der Waals surface area contributed by atoms with Gasteiger partial charge in [-0.2, -0.15) is 0 Å². The van der Waals surface area contributed by atoms with Crippen molar-refractivity contribution in [1.29, 1.82) is 0 Å². The van der Waals surface area contributed by atoms with Crippen molar-refractivity contribution in [3.63, 3.8) is 0 Å². The lowest BCUT2D eigenvalue weighted by Crippen LogP contribution is -2.64. The van der Waals surface area contributed by atoms with Crippen molar-refractivity contribution in [3.8, 4) is 0 Å². The fourth-order valence-electron chi connectivity index (χ4n) is 2.39. The van der Waals surface area contributed by atoms with Crippen LogP contribution in [0.4, 0.5) is 5.69 Å². The molecule has 1 saturated heterocycles. The van der Waals surface area contributed by atoms with Crippen LogP contribution < -0.4 is 15.5 Å². The van der Waals surface area contributed by atoms with Gasteiger partial charge in [0.05, 0.1) is 6.54 Å². The van der Waals surface area contributed by atoms with Crippen molar-refractivity contribution < 1.29 is 9.59 Å². The Labute approximate surface area is 129 Å². The summed E-state index contributed by atoms with van der Waals surface area (Å²) >= 11 is 6.30. The van der Waals surface area contributed by atoms with Gasteiger partial charge >= 0.3 is 0 Å². The van der Waals surface area contributed by atoms with Gasteiger partial charge in [0.15, 0.2) is 0 Å². The summed E-state index contributed by atoms with van der Waals surface area (Å²) in [5.74, 6) is -0.596. The van der Waals surface area contributed by atoms with Crippen molar-refractivity contribution in [3.05, 3.63) is 28.8 Å². The highest BCUT2D eigenvalue weighted by Crippen LogP contribution is 2.33. The maximum absolute atomic E-state index is 12.1. The van der Waals surface area contributed by atoms with E-state index in [1.165, 1.54) is 0 Å². The Bertz CT molecular complexity index is 572. The largest absolute Gasteiger partial charge is 0.348 e. The van der Waals surface area contributed by atoms with Crippen LogP contribution in [0.2, 0.25) is 5.02 Å². The number of piperazine rings is 1. The third-order valence-electron chi connectivity index (χ3n) is 3.72. The summed E-state index contributed by atoms with van der Waals surface area (Å²) in [6.07, 6.45) is 0. The summed E-state index contributed by atoms with van der Waals surface area (Å²) in [5.41, 5.74) is 0.910. The Morgan fingerprint density at radius 1 is 1.38 bits per heavy atom. The highest BCUT2D eigenvalue weighted by atomic mass is 35.5. The first-order chi connectivity index (χ1) is 9.87. The molecule has 0 bridgehead atoms. The number of hydrogen-bond donors (Lipinski definition) is 2. The van der Waals surface area contributed by atoms with Crippen LogP contribution in [0.3, 0.4) is 0 Å². The topological polar surface area (TPSA) is 61.4 Å². The van der Waals surface area contributed by atoms with Crippen LogP contribution in [0.15, 0.2) is 18.2 Å². The molecule has 2 amide bonds. The van der Waals surface area contributed by atoms with E-state index in [4.69, 9.17) is 11.6 Å². The number of nitrogens with zero attached hydrogens (tertiary/aromatic N) is 1. The Kier molecular flexibility index (Phi) is 4.54. The van der Waals surface area contributed by atoms with Gasteiger partial charge in [-0.25, -0.2) is 0 Å². The fraction of sp³-hybridized carbons (Fsp3) is 0.467. The molecule has 1 heterocycles. The summed E-state index contributed by atoms with van der Waals surface area (Å²) in [6.45, 7) is 7.15. The number of imide groups is 1. The highest BCUT2D eigenvalue weighted by Gasteiger charge is 2.41. The van der Waals surface area contributed by atoms with Gasteiger partial charge in [-0.05, 0) is 32.5 Å². The van der Waals surface area contributed by atoms with E-state index in [9.17, 15) is 9.59 Å². The Morgan fingerprint density at radius 3 is 2.76 bits per heavy atom. The van der Waals surface area contributed by atoms with Gasteiger partial charge in [0.2, 0.25) is 5.91 Å². The van der Waals surface area contributed by atoms with Crippen LogP contribution in [-0.4, -0.2) is 30.4 Å². The number of nitrogens with one attached hydrogen (secondary N) is 2. The van der Waals surface area contributed by atoms with Crippen molar-refractivity contribution in [2.45, 2.75) is 32.9 Å². The molecule has 0 atom stereocenters. The van der Waals surface area contributed by atoms with Gasteiger partial charge in [-0.15, -0.1) is 0 Å². The summed E-state index contributed by atoms with van der Waals surface area (Å²) in [6, 6.07) is 5.54. The molecule has 0 unspecified atom stereocenters. The molecule has 6 heteroatoms. The molecule has 21 heavy (non-hydrogen) atoms. The number of amides is 2. The van der Waals surface area contributed by atoms with Crippen LogP contribution in [-0.2, 0) is 16.1 Å². The second-order valence-corrected chi connectivity index (χ2v) is 5.95. The van der Waals surface area contributed by atoms with Crippen molar-refractivity contribution in [1.82, 2.24) is 10.6 Å². The van der Waals surface area contributed by atoms with Crippen LogP contribution in [0.1, 0.15) is 26.3 Å². The molecule has 1 aliphatic heterocycles. The van der Waals surface area contributed by atoms with Crippen molar-refractivity contribution >= 4 is 29.1 Å². The number of rotatable bonds is 4. The summed E-state index contributed by atoms with van der Waals surface area (Å²) < 4.78 is 0. The van der Waals surface area contributed by atoms with Gasteiger partial charge < -0.3 is 10.2 Å². The molecule has 0 aliphatic carbocycles. The molecule has 1 aromatic rings. The minimum atomic E-state index is -0.806. The third-order valence-corrected chi connectivity index (χ3v) is 4.08. The van der Waals surface area contributed by atoms with Gasteiger partial charge in [0.25, 0.3) is 5.91 Å². The first-order valence-electron chi connectivity index (χ1n) is 6.98. The first-order valence-corrected chi connectivity index (χ1v) is 7.35. The van der Waals surface area contributed by atoms with E-state index in [0.717, 1.165) is 17.8 Å². The zero-order valence-electron chi connectivity index (χ0n) is 12.5. The second kappa shape index (κ2) is 6.03. The zero-order chi connectivity index (χ0) is 15.6. The molecule has 2 rings (SSSR count). The Balaban J connectivity index is 2.46. The normalized spacial score (nSPS) is 17.8. The number of benzene rings is 1. The number of hydrogen-bond acceptors (Lipinski definition) is 4. The third kappa shape index (κ3) is 3.04. The van der Waals surface area contributed by atoms with E-state index in [1.807, 2.05) is 30.0 Å². The van der Waals surface area contributed by atoms with Crippen LogP contribution >= 0.6 is 11.6 Å². The zero-order valence-corrected chi connectivity index (χ0v) is 13.3. The van der Waals surface area contributed by atoms with Crippen LogP contribution in [0.5, 0.6) is 0 Å². The number of carbonyl (C=O) groups excluding carboxylic acids is 2. The Morgan fingerprint density at radius 2 is 2.10 bits per heavy atom. The SMILES string of the molecule is CCNCc1c(Cl)cccc1N1CC(=O)NC(=O)C1(C)C. The summed E-state index contributed by atoms with van der Waals surface area (Å²) in [4.78, 5) is 25.6. The molecule has 1 aromatic carbocycles. The van der Waals surface area contributed by atoms with Gasteiger partial charge in [0, 0.05) is 22.8 Å². The molecule has 0 saturated carbocycles. The van der Waals surface area contributed by atoms with E-state index in [0.29, 0.717) is 11.6 Å². The average Bonchev–Trinajstić information content (AvgIpc) is 2.42. The molecule has 0 aromatic heterocycles. The Hall–Kier alpha value is -1.59. The maximum atomic E-state index is 12.1. The van der Waals surface area contributed by atoms with E-state index >= 15 is 0 Å². The van der Waals surface area contributed by atoms with E-state index < -0.39 is 5.54 Å². The summed E-state index contributed by atoms with van der Waals surface area (Å²) in [7, 11) is 0.